The van der Waals surface area contributed by atoms with Gasteiger partial charge in [-0.2, -0.15) is 0 Å². The maximum absolute atomic E-state index is 3.48. The monoisotopic (exact) mass is 154 g/mol. The molecule has 0 rings (SSSR count). The van der Waals surface area contributed by atoms with Crippen LogP contribution in [0.2, 0.25) is 19.0 Å². The van der Waals surface area contributed by atoms with Gasteiger partial charge in [0.15, 0.2) is 0 Å². The first-order valence-corrected chi connectivity index (χ1v) is 4.87. The van der Waals surface area contributed by atoms with E-state index in [1.54, 1.807) is 0 Å². The van der Waals surface area contributed by atoms with Gasteiger partial charge in [0.05, 0.1) is 0 Å². The zero-order valence-electron chi connectivity index (χ0n) is 8.69. The first kappa shape index (κ1) is 13.4. The number of hydrogen-bond acceptors (Lipinski definition) is 0. The largest absolute Gasteiger partial charge is 0.139 e. The van der Waals surface area contributed by atoms with Crippen LogP contribution in [0, 0.1) is 0 Å². The van der Waals surface area contributed by atoms with Gasteiger partial charge in [0.2, 0.25) is 0 Å². The highest BCUT2D eigenvalue weighted by Crippen LogP contribution is 2.01. The third kappa shape index (κ3) is 12.9. The van der Waals surface area contributed by atoms with Gasteiger partial charge in [-0.25, -0.2) is 0 Å². The summed E-state index contributed by atoms with van der Waals surface area (Å²) in [6.07, 6.45) is 7.02. The summed E-state index contributed by atoms with van der Waals surface area (Å²) in [5.74, 6) is 0. The Balaban J connectivity index is 0. The average molecular weight is 154 g/mol. The van der Waals surface area contributed by atoms with Crippen molar-refractivity contribution in [3.05, 3.63) is 12.7 Å². The van der Waals surface area contributed by atoms with E-state index in [1.807, 2.05) is 6.08 Å². The molecule has 0 spiro atoms. The van der Waals surface area contributed by atoms with E-state index in [-0.39, 0.29) is 0 Å². The van der Waals surface area contributed by atoms with Gasteiger partial charge in [0, 0.05) is 0 Å². The van der Waals surface area contributed by atoms with Gasteiger partial charge in [0.1, 0.15) is 6.71 Å². The molecule has 0 amide bonds. The molecule has 0 radical (unpaired) electrons. The van der Waals surface area contributed by atoms with Crippen molar-refractivity contribution in [3.63, 3.8) is 0 Å². The predicted octanol–water partition coefficient (Wildman–Crippen LogP) is 4.12. The van der Waals surface area contributed by atoms with E-state index in [0.717, 1.165) is 13.1 Å². The fourth-order valence-electron chi connectivity index (χ4n) is 0.866. The Morgan fingerprint density at radius 2 is 1.27 bits per heavy atom. The molecular weight excluding hydrogens is 131 g/mol. The fourth-order valence-corrected chi connectivity index (χ4v) is 0.866. The molecule has 0 aliphatic carbocycles. The molecule has 0 bridgehead atoms. The lowest BCUT2D eigenvalue weighted by Crippen LogP contribution is -2.04. The molecule has 0 nitrogen and oxygen atoms in total. The van der Waals surface area contributed by atoms with Crippen LogP contribution in [-0.4, -0.2) is 6.71 Å². The summed E-state index contributed by atoms with van der Waals surface area (Å²) in [4.78, 5) is 0. The smallest absolute Gasteiger partial charge is 0.103 e. The zero-order chi connectivity index (χ0) is 9.11. The van der Waals surface area contributed by atoms with Crippen molar-refractivity contribution < 1.29 is 0 Å². The Labute approximate surface area is 73.2 Å². The second-order valence-corrected chi connectivity index (χ2v) is 2.79. The van der Waals surface area contributed by atoms with Crippen LogP contribution in [0.25, 0.3) is 0 Å². The zero-order valence-corrected chi connectivity index (χ0v) is 8.69. The van der Waals surface area contributed by atoms with E-state index in [1.165, 1.54) is 19.0 Å². The average Bonchev–Trinajstić information content (AvgIpc) is 2.08. The highest BCUT2D eigenvalue weighted by atomic mass is 13.7. The van der Waals surface area contributed by atoms with Gasteiger partial charge < -0.3 is 0 Å². The van der Waals surface area contributed by atoms with Gasteiger partial charge in [-0.05, 0) is 6.42 Å². The second kappa shape index (κ2) is 12.5. The molecule has 0 N–H and O–H groups in total. The van der Waals surface area contributed by atoms with Crippen LogP contribution in [-0.2, 0) is 0 Å². The van der Waals surface area contributed by atoms with Crippen molar-refractivity contribution in [2.24, 2.45) is 0 Å². The van der Waals surface area contributed by atoms with Gasteiger partial charge in [-0.15, -0.1) is 6.58 Å². The maximum atomic E-state index is 3.48. The molecule has 0 aromatic carbocycles. The molecular formula is C10H23B. The summed E-state index contributed by atoms with van der Waals surface area (Å²) in [5, 5.41) is 0. The lowest BCUT2D eigenvalue weighted by Gasteiger charge is -2.00. The molecule has 0 unspecified atom stereocenters. The highest BCUT2D eigenvalue weighted by Gasteiger charge is 2.01. The Bertz CT molecular complexity index is 59.8. The molecule has 0 heterocycles. The summed E-state index contributed by atoms with van der Waals surface area (Å²) in [7, 11) is 0. The van der Waals surface area contributed by atoms with Crippen molar-refractivity contribution in [1.29, 1.82) is 0 Å². The molecule has 0 saturated heterocycles. The summed E-state index contributed by atoms with van der Waals surface area (Å²) in [6, 6.07) is 0. The molecule has 66 valence electrons. The van der Waals surface area contributed by atoms with E-state index < -0.39 is 0 Å². The molecule has 0 aromatic heterocycles. The lowest BCUT2D eigenvalue weighted by molar-refractivity contribution is 1.23. The Hall–Kier alpha value is -0.195. The number of hydrogen-bond donors (Lipinski definition) is 0. The lowest BCUT2D eigenvalue weighted by atomic mass is 9.44. The van der Waals surface area contributed by atoms with E-state index in [9.17, 15) is 0 Å². The van der Waals surface area contributed by atoms with E-state index in [2.05, 4.69) is 34.3 Å². The third-order valence-electron chi connectivity index (χ3n) is 2.02. The molecule has 1 heteroatoms. The van der Waals surface area contributed by atoms with Crippen LogP contribution >= 0.6 is 0 Å². The topological polar surface area (TPSA) is 0 Å². The molecule has 11 heavy (non-hydrogen) atoms. The number of allylic oxidation sites excluding steroid dienone is 1. The van der Waals surface area contributed by atoms with Gasteiger partial charge in [-0.3, -0.25) is 0 Å². The summed E-state index contributed by atoms with van der Waals surface area (Å²) < 4.78 is 0. The fraction of sp³-hybridized carbons (Fsp3) is 0.800. The first-order chi connectivity index (χ1) is 5.26. The van der Waals surface area contributed by atoms with Gasteiger partial charge in [0.25, 0.3) is 0 Å². The van der Waals surface area contributed by atoms with Crippen LogP contribution in [0.4, 0.5) is 0 Å². The maximum Gasteiger partial charge on any atom is 0.139 e. The van der Waals surface area contributed by atoms with Crippen molar-refractivity contribution in [2.75, 3.05) is 0 Å². The van der Waals surface area contributed by atoms with E-state index >= 15 is 0 Å². The normalized spacial score (nSPS) is 8.00. The second-order valence-electron chi connectivity index (χ2n) is 2.79. The molecule has 0 aliphatic rings. The third-order valence-corrected chi connectivity index (χ3v) is 2.02. The van der Waals surface area contributed by atoms with E-state index in [0.29, 0.717) is 0 Å². The molecule has 0 saturated carbocycles. The molecule has 0 aromatic rings. The van der Waals surface area contributed by atoms with Crippen LogP contribution in [0.15, 0.2) is 12.7 Å². The summed E-state index contributed by atoms with van der Waals surface area (Å²) in [5.41, 5.74) is 0. The highest BCUT2D eigenvalue weighted by molar-refractivity contribution is 6.58. The van der Waals surface area contributed by atoms with Crippen molar-refractivity contribution >= 4 is 6.71 Å². The minimum absolute atomic E-state index is 0.986. The molecule has 0 fully saturated rings. The first-order valence-electron chi connectivity index (χ1n) is 4.87. The van der Waals surface area contributed by atoms with Crippen LogP contribution in [0.3, 0.4) is 0 Å². The quantitative estimate of drug-likeness (QED) is 0.422. The van der Waals surface area contributed by atoms with Crippen molar-refractivity contribution in [2.45, 2.75) is 53.1 Å². The van der Waals surface area contributed by atoms with Gasteiger partial charge >= 0.3 is 0 Å². The molecule has 0 aliphatic heterocycles. The summed E-state index contributed by atoms with van der Waals surface area (Å²) in [6.45, 7) is 13.3. The standard InChI is InChI=1S/C6H15B.C4H8/c1-4-7(5-2)6-3;1-3-4-2/h4-6H2,1-3H3;3H,1,4H2,2H3. The van der Waals surface area contributed by atoms with Crippen LogP contribution in [0.5, 0.6) is 0 Å². The summed E-state index contributed by atoms with van der Waals surface area (Å²) >= 11 is 0. The predicted molar refractivity (Wildman–Crippen MR) is 57.7 cm³/mol. The van der Waals surface area contributed by atoms with Crippen LogP contribution in [0.1, 0.15) is 34.1 Å². The number of rotatable bonds is 4. The Morgan fingerprint density at radius 3 is 1.27 bits per heavy atom. The van der Waals surface area contributed by atoms with Crippen molar-refractivity contribution in [3.8, 4) is 0 Å². The van der Waals surface area contributed by atoms with Crippen molar-refractivity contribution in [1.82, 2.24) is 0 Å². The van der Waals surface area contributed by atoms with Gasteiger partial charge in [-0.1, -0.05) is 52.7 Å². The molecule has 0 atom stereocenters. The minimum Gasteiger partial charge on any atom is -0.103 e. The van der Waals surface area contributed by atoms with Crippen LogP contribution < -0.4 is 0 Å². The Kier molecular flexibility index (Phi) is 15.2. The van der Waals surface area contributed by atoms with E-state index in [4.69, 9.17) is 0 Å². The SMILES string of the molecule is C=CCC.CCB(CC)CC. The minimum atomic E-state index is 0.986. The Morgan fingerprint density at radius 1 is 1.00 bits per heavy atom.